The van der Waals surface area contributed by atoms with Gasteiger partial charge in [-0.1, -0.05) is 12.8 Å². The first-order chi connectivity index (χ1) is 14.1. The molecule has 0 bridgehead atoms. The first kappa shape index (κ1) is 19.5. The molecule has 1 N–H and O–H groups in total. The lowest BCUT2D eigenvalue weighted by atomic mass is 10.2. The van der Waals surface area contributed by atoms with E-state index in [0.29, 0.717) is 31.4 Å². The van der Waals surface area contributed by atoms with Gasteiger partial charge in [-0.2, -0.15) is 0 Å². The Balaban J connectivity index is 1.42. The number of aliphatic imine (C=N–C) groups is 1. The van der Waals surface area contributed by atoms with Crippen molar-refractivity contribution in [1.82, 2.24) is 29.9 Å². The van der Waals surface area contributed by atoms with Gasteiger partial charge in [-0.05, 0) is 31.9 Å². The van der Waals surface area contributed by atoms with Crippen molar-refractivity contribution >= 4 is 11.9 Å². The number of hydrogen-bond acceptors (Lipinski definition) is 5. The fraction of sp³-hybridized carbons (Fsp3) is 0.600. The maximum atomic E-state index is 12.5. The molecule has 1 aliphatic heterocycles. The number of nitrogens with zero attached hydrogens (tertiary/aromatic N) is 6. The van der Waals surface area contributed by atoms with Crippen LogP contribution in [-0.4, -0.2) is 68.7 Å². The number of aromatic nitrogens is 3. The highest BCUT2D eigenvalue weighted by Crippen LogP contribution is 2.18. The topological polar surface area (TPSA) is 91.8 Å². The van der Waals surface area contributed by atoms with Gasteiger partial charge in [0.15, 0.2) is 17.5 Å². The summed E-state index contributed by atoms with van der Waals surface area (Å²) in [5.74, 6) is 2.98. The zero-order valence-corrected chi connectivity index (χ0v) is 17.2. The molecule has 0 atom stereocenters. The number of amides is 1. The lowest BCUT2D eigenvalue weighted by Gasteiger charge is -2.37. The average molecular weight is 399 g/mol. The summed E-state index contributed by atoms with van der Waals surface area (Å²) in [6.45, 7) is 5.19. The van der Waals surface area contributed by atoms with Gasteiger partial charge in [0, 0.05) is 39.3 Å². The number of aryl methyl sites for hydroxylation is 1. The minimum absolute atomic E-state index is 0.0496. The van der Waals surface area contributed by atoms with Gasteiger partial charge in [0.05, 0.1) is 6.26 Å². The van der Waals surface area contributed by atoms with Crippen LogP contribution in [0, 0.1) is 6.92 Å². The van der Waals surface area contributed by atoms with Crippen molar-refractivity contribution in [1.29, 1.82) is 0 Å². The van der Waals surface area contributed by atoms with E-state index >= 15 is 0 Å². The molecule has 0 spiro atoms. The van der Waals surface area contributed by atoms with Gasteiger partial charge in [-0.25, -0.2) is 4.99 Å². The number of hydrogen-bond donors (Lipinski definition) is 1. The summed E-state index contributed by atoms with van der Waals surface area (Å²) < 4.78 is 7.23. The van der Waals surface area contributed by atoms with Crippen LogP contribution < -0.4 is 5.32 Å². The largest absolute Gasteiger partial charge is 0.459 e. The summed E-state index contributed by atoms with van der Waals surface area (Å²) in [4.78, 5) is 21.5. The standard InChI is InChI=1S/C20H29N7O2/c1-15-23-24-18(25(15)2)14-21-20(22-16-6-3-4-7-16)27-11-9-26(10-12-27)19(28)17-8-5-13-29-17/h5,8,13,16H,3-4,6-7,9-12,14H2,1-2H3,(H,21,22). The Morgan fingerprint density at radius 2 is 1.93 bits per heavy atom. The molecular weight excluding hydrogens is 370 g/mol. The second kappa shape index (κ2) is 8.67. The van der Waals surface area contributed by atoms with E-state index in [1.54, 1.807) is 12.1 Å². The molecule has 0 aromatic carbocycles. The summed E-state index contributed by atoms with van der Waals surface area (Å²) >= 11 is 0. The third-order valence-corrected chi connectivity index (χ3v) is 5.84. The van der Waals surface area contributed by atoms with Gasteiger partial charge >= 0.3 is 0 Å². The summed E-state index contributed by atoms with van der Waals surface area (Å²) in [7, 11) is 1.96. The number of rotatable bonds is 4. The molecule has 1 amide bonds. The van der Waals surface area contributed by atoms with Crippen LogP contribution in [-0.2, 0) is 13.6 Å². The molecule has 1 saturated carbocycles. The van der Waals surface area contributed by atoms with E-state index in [1.807, 2.05) is 23.4 Å². The van der Waals surface area contributed by atoms with Gasteiger partial charge in [0.2, 0.25) is 0 Å². The zero-order chi connectivity index (χ0) is 20.2. The minimum atomic E-state index is -0.0496. The van der Waals surface area contributed by atoms with Crippen molar-refractivity contribution in [2.75, 3.05) is 26.2 Å². The number of furan rings is 1. The van der Waals surface area contributed by atoms with Crippen LogP contribution in [0.4, 0.5) is 0 Å². The SMILES string of the molecule is Cc1nnc(CN=C(NC2CCCC2)N2CCN(C(=O)c3ccco3)CC2)n1C. The molecular formula is C20H29N7O2. The molecule has 2 aromatic heterocycles. The van der Waals surface area contributed by atoms with E-state index in [0.717, 1.165) is 30.7 Å². The van der Waals surface area contributed by atoms with Crippen molar-refractivity contribution in [2.45, 2.75) is 45.2 Å². The van der Waals surface area contributed by atoms with Crippen molar-refractivity contribution in [3.63, 3.8) is 0 Å². The Labute approximate surface area is 170 Å². The average Bonchev–Trinajstić information content (AvgIpc) is 3.50. The number of carbonyl (C=O) groups is 1. The maximum absolute atomic E-state index is 12.5. The molecule has 0 radical (unpaired) electrons. The second-order valence-corrected chi connectivity index (χ2v) is 7.74. The molecule has 156 valence electrons. The molecule has 9 nitrogen and oxygen atoms in total. The normalized spacial score (nSPS) is 18.5. The van der Waals surface area contributed by atoms with Crippen molar-refractivity contribution < 1.29 is 9.21 Å². The summed E-state index contributed by atoms with van der Waals surface area (Å²) in [5.41, 5.74) is 0. The predicted molar refractivity (Wildman–Crippen MR) is 108 cm³/mol. The highest BCUT2D eigenvalue weighted by molar-refractivity contribution is 5.91. The van der Waals surface area contributed by atoms with E-state index in [9.17, 15) is 4.79 Å². The number of guanidine groups is 1. The first-order valence-electron chi connectivity index (χ1n) is 10.4. The monoisotopic (exact) mass is 399 g/mol. The van der Waals surface area contributed by atoms with Crippen LogP contribution >= 0.6 is 0 Å². The van der Waals surface area contributed by atoms with Crippen LogP contribution in [0.1, 0.15) is 47.9 Å². The molecule has 4 rings (SSSR count). The lowest BCUT2D eigenvalue weighted by molar-refractivity contribution is 0.0657. The van der Waals surface area contributed by atoms with Crippen LogP contribution in [0.5, 0.6) is 0 Å². The van der Waals surface area contributed by atoms with Crippen LogP contribution in [0.2, 0.25) is 0 Å². The summed E-state index contributed by atoms with van der Waals surface area (Å²) in [6.07, 6.45) is 6.42. The van der Waals surface area contributed by atoms with Gasteiger partial charge < -0.3 is 24.1 Å². The molecule has 1 saturated heterocycles. The molecule has 2 aliphatic rings. The molecule has 0 unspecified atom stereocenters. The van der Waals surface area contributed by atoms with E-state index in [-0.39, 0.29) is 5.91 Å². The quantitative estimate of drug-likeness (QED) is 0.620. The zero-order valence-electron chi connectivity index (χ0n) is 17.2. The van der Waals surface area contributed by atoms with Gasteiger partial charge in [0.1, 0.15) is 12.4 Å². The molecule has 2 fully saturated rings. The van der Waals surface area contributed by atoms with Crippen molar-refractivity contribution in [3.05, 3.63) is 35.8 Å². The fourth-order valence-corrected chi connectivity index (χ4v) is 3.90. The van der Waals surface area contributed by atoms with E-state index in [2.05, 4.69) is 20.4 Å². The van der Waals surface area contributed by atoms with E-state index in [4.69, 9.17) is 9.41 Å². The Bertz CT molecular complexity index is 844. The van der Waals surface area contributed by atoms with E-state index in [1.165, 1.54) is 31.9 Å². The highest BCUT2D eigenvalue weighted by Gasteiger charge is 2.27. The lowest BCUT2D eigenvalue weighted by Crippen LogP contribution is -2.55. The first-order valence-corrected chi connectivity index (χ1v) is 10.4. The third-order valence-electron chi connectivity index (χ3n) is 5.84. The van der Waals surface area contributed by atoms with Crippen molar-refractivity contribution in [3.8, 4) is 0 Å². The van der Waals surface area contributed by atoms with Gasteiger partial charge in [0.25, 0.3) is 5.91 Å². The fourth-order valence-electron chi connectivity index (χ4n) is 3.90. The highest BCUT2D eigenvalue weighted by atomic mass is 16.3. The van der Waals surface area contributed by atoms with Gasteiger partial charge in [-0.15, -0.1) is 10.2 Å². The smallest absolute Gasteiger partial charge is 0.289 e. The van der Waals surface area contributed by atoms with Crippen molar-refractivity contribution in [2.24, 2.45) is 12.0 Å². The predicted octanol–water partition coefficient (Wildman–Crippen LogP) is 1.56. The Hall–Kier alpha value is -2.84. The number of nitrogens with one attached hydrogen (secondary N) is 1. The minimum Gasteiger partial charge on any atom is -0.459 e. The Kier molecular flexibility index (Phi) is 5.82. The van der Waals surface area contributed by atoms with Crippen LogP contribution in [0.3, 0.4) is 0 Å². The number of piperazine rings is 1. The summed E-state index contributed by atoms with van der Waals surface area (Å²) in [5, 5.41) is 12.0. The van der Waals surface area contributed by atoms with E-state index < -0.39 is 0 Å². The number of carbonyl (C=O) groups excluding carboxylic acids is 1. The molecule has 3 heterocycles. The molecule has 9 heteroatoms. The molecule has 2 aromatic rings. The maximum Gasteiger partial charge on any atom is 0.289 e. The second-order valence-electron chi connectivity index (χ2n) is 7.74. The Morgan fingerprint density at radius 1 is 1.21 bits per heavy atom. The summed E-state index contributed by atoms with van der Waals surface area (Å²) in [6, 6.07) is 3.93. The van der Waals surface area contributed by atoms with Crippen LogP contribution in [0.25, 0.3) is 0 Å². The van der Waals surface area contributed by atoms with Gasteiger partial charge in [-0.3, -0.25) is 4.79 Å². The molecule has 1 aliphatic carbocycles. The Morgan fingerprint density at radius 3 is 2.55 bits per heavy atom. The molecule has 29 heavy (non-hydrogen) atoms. The van der Waals surface area contributed by atoms with Crippen LogP contribution in [0.15, 0.2) is 27.8 Å². The third kappa shape index (κ3) is 4.44.